The summed E-state index contributed by atoms with van der Waals surface area (Å²) in [4.78, 5) is 7.08. The van der Waals surface area contributed by atoms with Crippen LogP contribution in [0, 0.1) is 6.92 Å². The Morgan fingerprint density at radius 1 is 1.32 bits per heavy atom. The van der Waals surface area contributed by atoms with Crippen molar-refractivity contribution in [2.75, 3.05) is 13.6 Å². The Balaban J connectivity index is 2.12. The van der Waals surface area contributed by atoms with E-state index >= 15 is 0 Å². The number of hydrogen-bond donors (Lipinski definition) is 1. The molecule has 1 aromatic carbocycles. The van der Waals surface area contributed by atoms with Gasteiger partial charge in [0.25, 0.3) is 0 Å². The monoisotopic (exact) mass is 256 g/mol. The first kappa shape index (κ1) is 12.4. The third-order valence-electron chi connectivity index (χ3n) is 3.75. The molecule has 0 spiro atoms. The van der Waals surface area contributed by atoms with Gasteiger partial charge in [0.15, 0.2) is 0 Å². The van der Waals surface area contributed by atoms with E-state index in [1.54, 1.807) is 0 Å². The number of aryl methyl sites for hydroxylation is 1. The van der Waals surface area contributed by atoms with Gasteiger partial charge in [-0.05, 0) is 20.0 Å². The van der Waals surface area contributed by atoms with E-state index in [1.165, 1.54) is 16.8 Å². The molecule has 0 amide bonds. The molecule has 0 bridgehead atoms. The van der Waals surface area contributed by atoms with Gasteiger partial charge >= 0.3 is 0 Å². The highest BCUT2D eigenvalue weighted by molar-refractivity contribution is 5.58. The van der Waals surface area contributed by atoms with Crippen molar-refractivity contribution < 1.29 is 0 Å². The van der Waals surface area contributed by atoms with E-state index in [9.17, 15) is 0 Å². The molecule has 1 aromatic heterocycles. The molecule has 2 heterocycles. The Morgan fingerprint density at radius 2 is 2.16 bits per heavy atom. The minimum atomic E-state index is 0.509. The molecular formula is C15H20N4. The summed E-state index contributed by atoms with van der Waals surface area (Å²) < 4.78 is 2.33. The van der Waals surface area contributed by atoms with Crippen LogP contribution < -0.4 is 5.73 Å². The summed E-state index contributed by atoms with van der Waals surface area (Å²) >= 11 is 0. The summed E-state index contributed by atoms with van der Waals surface area (Å²) in [5.41, 5.74) is 10.6. The smallest absolute Gasteiger partial charge is 0.140 e. The lowest BCUT2D eigenvalue weighted by molar-refractivity contribution is 0.270. The Labute approximate surface area is 113 Å². The second-order valence-electron chi connectivity index (χ2n) is 5.29. The number of nitrogens with two attached hydrogens (primary N) is 1. The second kappa shape index (κ2) is 4.79. The Kier molecular flexibility index (Phi) is 3.12. The van der Waals surface area contributed by atoms with Gasteiger partial charge in [0.05, 0.1) is 11.4 Å². The van der Waals surface area contributed by atoms with Crippen molar-refractivity contribution in [3.63, 3.8) is 0 Å². The van der Waals surface area contributed by atoms with Crippen molar-refractivity contribution in [1.82, 2.24) is 14.5 Å². The molecule has 0 saturated carbocycles. The lowest BCUT2D eigenvalue weighted by atomic mass is 10.1. The predicted molar refractivity (Wildman–Crippen MR) is 76.6 cm³/mol. The topological polar surface area (TPSA) is 47.1 Å². The van der Waals surface area contributed by atoms with Gasteiger partial charge in [-0.15, -0.1) is 0 Å². The average molecular weight is 256 g/mol. The molecule has 1 aliphatic rings. The van der Waals surface area contributed by atoms with Gasteiger partial charge in [-0.2, -0.15) is 0 Å². The maximum atomic E-state index is 5.85. The first-order valence-corrected chi connectivity index (χ1v) is 6.73. The highest BCUT2D eigenvalue weighted by Gasteiger charge is 2.22. The molecular weight excluding hydrogens is 236 g/mol. The van der Waals surface area contributed by atoms with Crippen LogP contribution in [-0.4, -0.2) is 28.0 Å². The molecule has 0 atom stereocenters. The van der Waals surface area contributed by atoms with Crippen LogP contribution in [0.2, 0.25) is 0 Å². The second-order valence-corrected chi connectivity index (χ2v) is 5.29. The zero-order valence-corrected chi connectivity index (χ0v) is 11.6. The summed E-state index contributed by atoms with van der Waals surface area (Å²) in [5.74, 6) is 1.06. The van der Waals surface area contributed by atoms with E-state index < -0.39 is 0 Å². The van der Waals surface area contributed by atoms with Crippen molar-refractivity contribution >= 4 is 0 Å². The summed E-state index contributed by atoms with van der Waals surface area (Å²) in [6.07, 6.45) is 0. The van der Waals surface area contributed by atoms with Crippen LogP contribution >= 0.6 is 0 Å². The maximum Gasteiger partial charge on any atom is 0.140 e. The summed E-state index contributed by atoms with van der Waals surface area (Å²) in [6, 6.07) is 8.51. The quantitative estimate of drug-likeness (QED) is 0.890. The highest BCUT2D eigenvalue weighted by Crippen LogP contribution is 2.26. The van der Waals surface area contributed by atoms with Crippen molar-refractivity contribution in [1.29, 1.82) is 0 Å². The molecule has 2 aromatic rings. The standard InChI is InChI=1S/C15H20N4/c1-11-4-3-5-12(8-11)15-17-13(9-16)14-10-18(2)6-7-19(14)15/h3-5,8H,6-7,9-10,16H2,1-2H3. The van der Waals surface area contributed by atoms with E-state index in [0.29, 0.717) is 6.54 Å². The molecule has 0 aliphatic carbocycles. The molecule has 19 heavy (non-hydrogen) atoms. The van der Waals surface area contributed by atoms with Crippen LogP contribution in [0.1, 0.15) is 17.0 Å². The SMILES string of the molecule is Cc1cccc(-c2nc(CN)c3n2CCN(C)C3)c1. The zero-order valence-electron chi connectivity index (χ0n) is 11.6. The van der Waals surface area contributed by atoms with Crippen molar-refractivity contribution in [2.45, 2.75) is 26.6 Å². The average Bonchev–Trinajstić information content (AvgIpc) is 2.76. The zero-order chi connectivity index (χ0) is 13.4. The molecule has 1 aliphatic heterocycles. The number of benzene rings is 1. The number of hydrogen-bond acceptors (Lipinski definition) is 3. The van der Waals surface area contributed by atoms with Gasteiger partial charge in [-0.1, -0.05) is 23.8 Å². The largest absolute Gasteiger partial charge is 0.325 e. The first-order chi connectivity index (χ1) is 9.19. The molecule has 0 unspecified atom stereocenters. The fourth-order valence-corrected chi connectivity index (χ4v) is 2.73. The maximum absolute atomic E-state index is 5.85. The predicted octanol–water partition coefficient (Wildman–Crippen LogP) is 1.76. The highest BCUT2D eigenvalue weighted by atomic mass is 15.2. The van der Waals surface area contributed by atoms with Gasteiger partial charge < -0.3 is 10.3 Å². The molecule has 0 fully saturated rings. The fraction of sp³-hybridized carbons (Fsp3) is 0.400. The van der Waals surface area contributed by atoms with Crippen LogP contribution in [0.4, 0.5) is 0 Å². The molecule has 3 rings (SSSR count). The van der Waals surface area contributed by atoms with Crippen LogP contribution in [-0.2, 0) is 19.6 Å². The van der Waals surface area contributed by atoms with E-state index in [4.69, 9.17) is 10.7 Å². The van der Waals surface area contributed by atoms with E-state index in [0.717, 1.165) is 31.2 Å². The molecule has 4 nitrogen and oxygen atoms in total. The number of imidazole rings is 1. The van der Waals surface area contributed by atoms with Crippen LogP contribution in [0.5, 0.6) is 0 Å². The van der Waals surface area contributed by atoms with Gasteiger partial charge in [0, 0.05) is 31.7 Å². The summed E-state index contributed by atoms with van der Waals surface area (Å²) in [7, 11) is 2.14. The minimum Gasteiger partial charge on any atom is -0.325 e. The normalized spacial score (nSPS) is 15.5. The Hall–Kier alpha value is -1.65. The molecule has 100 valence electrons. The number of aromatic nitrogens is 2. The molecule has 4 heteroatoms. The van der Waals surface area contributed by atoms with Crippen LogP contribution in [0.15, 0.2) is 24.3 Å². The van der Waals surface area contributed by atoms with Crippen molar-refractivity contribution in [2.24, 2.45) is 5.73 Å². The van der Waals surface area contributed by atoms with E-state index in [1.807, 2.05) is 0 Å². The van der Waals surface area contributed by atoms with Crippen molar-refractivity contribution in [3.8, 4) is 11.4 Å². The number of likely N-dealkylation sites (N-methyl/N-ethyl adjacent to an activating group) is 1. The molecule has 0 saturated heterocycles. The third kappa shape index (κ3) is 2.17. The van der Waals surface area contributed by atoms with Gasteiger partial charge in [-0.3, -0.25) is 4.90 Å². The van der Waals surface area contributed by atoms with Crippen LogP contribution in [0.3, 0.4) is 0 Å². The first-order valence-electron chi connectivity index (χ1n) is 6.73. The number of nitrogens with zero attached hydrogens (tertiary/aromatic N) is 3. The van der Waals surface area contributed by atoms with E-state index in [2.05, 4.69) is 47.7 Å². The van der Waals surface area contributed by atoms with Gasteiger partial charge in [-0.25, -0.2) is 4.98 Å². The summed E-state index contributed by atoms with van der Waals surface area (Å²) in [5, 5.41) is 0. The lowest BCUT2D eigenvalue weighted by Gasteiger charge is -2.25. The Morgan fingerprint density at radius 3 is 2.89 bits per heavy atom. The Bertz CT molecular complexity index is 600. The van der Waals surface area contributed by atoms with Crippen molar-refractivity contribution in [3.05, 3.63) is 41.2 Å². The van der Waals surface area contributed by atoms with Gasteiger partial charge in [0.2, 0.25) is 0 Å². The molecule has 0 radical (unpaired) electrons. The van der Waals surface area contributed by atoms with Crippen LogP contribution in [0.25, 0.3) is 11.4 Å². The van der Waals surface area contributed by atoms with Gasteiger partial charge in [0.1, 0.15) is 5.82 Å². The summed E-state index contributed by atoms with van der Waals surface area (Å²) in [6.45, 7) is 5.61. The van der Waals surface area contributed by atoms with E-state index in [-0.39, 0.29) is 0 Å². The fourth-order valence-electron chi connectivity index (χ4n) is 2.73. The lowest BCUT2D eigenvalue weighted by Crippen LogP contribution is -2.31. The third-order valence-corrected chi connectivity index (χ3v) is 3.75. The number of fused-ring (bicyclic) bond motifs is 1. The minimum absolute atomic E-state index is 0.509. The number of rotatable bonds is 2. The molecule has 2 N–H and O–H groups in total.